The summed E-state index contributed by atoms with van der Waals surface area (Å²) in [6.07, 6.45) is 3.26. The van der Waals surface area contributed by atoms with Crippen LogP contribution >= 0.6 is 0 Å². The molecular weight excluding hydrogens is 388 g/mol. The standard InChI is InChI=1S/C23H21F2N3O2/c1-30-15-7-8-19-18(14-15)26-23(20-6-3-11-28(19)20)9-12-27(13-10-23)22(29)21-16(24)4-2-5-17(21)25/h2-8,11,14,26H,9-10,12-13H2,1H3. The molecule has 0 aliphatic carbocycles. The van der Waals surface area contributed by atoms with Crippen molar-refractivity contribution in [2.45, 2.75) is 18.4 Å². The molecule has 7 heteroatoms. The van der Waals surface area contributed by atoms with Crippen molar-refractivity contribution in [2.24, 2.45) is 0 Å². The number of carbonyl (C=O) groups is 1. The molecule has 1 saturated heterocycles. The minimum Gasteiger partial charge on any atom is -0.497 e. The third-order valence-electron chi connectivity index (χ3n) is 6.16. The maximum atomic E-state index is 14.1. The number of nitrogens with one attached hydrogen (secondary N) is 1. The van der Waals surface area contributed by atoms with E-state index in [4.69, 9.17) is 4.74 Å². The van der Waals surface area contributed by atoms with Crippen molar-refractivity contribution in [3.05, 3.63) is 77.6 Å². The molecule has 0 bridgehead atoms. The van der Waals surface area contributed by atoms with E-state index in [0.29, 0.717) is 25.9 Å². The van der Waals surface area contributed by atoms with Crippen molar-refractivity contribution in [3.63, 3.8) is 0 Å². The van der Waals surface area contributed by atoms with E-state index in [1.807, 2.05) is 30.5 Å². The minimum absolute atomic E-state index is 0.368. The number of nitrogens with zero attached hydrogens (tertiary/aromatic N) is 2. The molecule has 1 N–H and O–H groups in total. The lowest BCUT2D eigenvalue weighted by atomic mass is 9.82. The molecule has 1 fully saturated rings. The van der Waals surface area contributed by atoms with Crippen LogP contribution < -0.4 is 10.1 Å². The van der Waals surface area contributed by atoms with Gasteiger partial charge in [-0.3, -0.25) is 4.79 Å². The molecule has 2 aliphatic heterocycles. The Kier molecular flexibility index (Phi) is 4.27. The number of piperidine rings is 1. The highest BCUT2D eigenvalue weighted by molar-refractivity contribution is 5.95. The summed E-state index contributed by atoms with van der Waals surface area (Å²) in [5.41, 5.74) is 2.26. The lowest BCUT2D eigenvalue weighted by Gasteiger charge is -2.46. The SMILES string of the molecule is COc1ccc2c(c1)NC1(CCN(C(=O)c3c(F)cccc3F)CC1)c1cccn1-2. The molecule has 5 rings (SSSR count). The molecule has 2 aliphatic rings. The van der Waals surface area contributed by atoms with Gasteiger partial charge in [-0.25, -0.2) is 8.78 Å². The van der Waals surface area contributed by atoms with E-state index in [1.165, 1.54) is 11.0 Å². The van der Waals surface area contributed by atoms with E-state index in [0.717, 1.165) is 35.0 Å². The van der Waals surface area contributed by atoms with Gasteiger partial charge in [0, 0.05) is 31.0 Å². The average molecular weight is 409 g/mol. The molecule has 0 unspecified atom stereocenters. The van der Waals surface area contributed by atoms with Crippen LogP contribution in [0.25, 0.3) is 5.69 Å². The summed E-state index contributed by atoms with van der Waals surface area (Å²) in [6.45, 7) is 0.786. The highest BCUT2D eigenvalue weighted by atomic mass is 19.1. The summed E-state index contributed by atoms with van der Waals surface area (Å²) < 4.78 is 35.7. The van der Waals surface area contributed by atoms with Crippen molar-refractivity contribution >= 4 is 11.6 Å². The van der Waals surface area contributed by atoms with Crippen LogP contribution in [-0.4, -0.2) is 35.6 Å². The zero-order valence-electron chi connectivity index (χ0n) is 16.5. The number of benzene rings is 2. The van der Waals surface area contributed by atoms with Crippen LogP contribution in [0, 0.1) is 11.6 Å². The molecule has 0 atom stereocenters. The maximum absolute atomic E-state index is 14.1. The predicted octanol–water partition coefficient (Wildman–Crippen LogP) is 4.32. The first-order valence-electron chi connectivity index (χ1n) is 9.90. The smallest absolute Gasteiger partial charge is 0.259 e. The Labute approximate surface area is 172 Å². The number of hydrogen-bond donors (Lipinski definition) is 1. The number of amides is 1. The van der Waals surface area contributed by atoms with Gasteiger partial charge in [0.25, 0.3) is 5.91 Å². The molecule has 30 heavy (non-hydrogen) atoms. The van der Waals surface area contributed by atoms with Crippen LogP contribution in [0.2, 0.25) is 0 Å². The fourth-order valence-electron chi connectivity index (χ4n) is 4.59. The predicted molar refractivity (Wildman–Crippen MR) is 109 cm³/mol. The molecule has 3 heterocycles. The van der Waals surface area contributed by atoms with Crippen LogP contribution in [0.1, 0.15) is 28.9 Å². The van der Waals surface area contributed by atoms with Crippen LogP contribution in [0.5, 0.6) is 5.75 Å². The second-order valence-electron chi connectivity index (χ2n) is 7.74. The lowest BCUT2D eigenvalue weighted by Crippen LogP contribution is -2.51. The van der Waals surface area contributed by atoms with Crippen LogP contribution in [0.3, 0.4) is 0 Å². The van der Waals surface area contributed by atoms with Gasteiger partial charge >= 0.3 is 0 Å². The second-order valence-corrected chi connectivity index (χ2v) is 7.74. The van der Waals surface area contributed by atoms with Gasteiger partial charge in [-0.15, -0.1) is 0 Å². The van der Waals surface area contributed by atoms with Crippen LogP contribution in [-0.2, 0) is 5.54 Å². The van der Waals surface area contributed by atoms with Gasteiger partial charge in [0.1, 0.15) is 22.9 Å². The summed E-state index contributed by atoms with van der Waals surface area (Å²) in [7, 11) is 1.63. The normalized spacial score (nSPS) is 16.6. The van der Waals surface area contributed by atoms with Crippen molar-refractivity contribution < 1.29 is 18.3 Å². The molecule has 2 aromatic carbocycles. The highest BCUT2D eigenvalue weighted by Crippen LogP contribution is 2.44. The zero-order chi connectivity index (χ0) is 20.9. The Morgan fingerprint density at radius 3 is 2.50 bits per heavy atom. The number of fused-ring (bicyclic) bond motifs is 4. The molecular formula is C23H21F2N3O2. The molecule has 154 valence electrons. The number of carbonyl (C=O) groups excluding carboxylic acids is 1. The Morgan fingerprint density at radius 1 is 1.07 bits per heavy atom. The van der Waals surface area contributed by atoms with Crippen molar-refractivity contribution in [1.29, 1.82) is 0 Å². The third kappa shape index (κ3) is 2.76. The van der Waals surface area contributed by atoms with E-state index in [9.17, 15) is 13.6 Å². The van der Waals surface area contributed by atoms with Gasteiger partial charge < -0.3 is 19.5 Å². The second kappa shape index (κ2) is 6.86. The third-order valence-corrected chi connectivity index (χ3v) is 6.16. The van der Waals surface area contributed by atoms with Gasteiger partial charge in [0.2, 0.25) is 0 Å². The molecule has 1 amide bonds. The molecule has 0 saturated carbocycles. The molecule has 3 aromatic rings. The number of halogens is 2. The van der Waals surface area contributed by atoms with E-state index >= 15 is 0 Å². The maximum Gasteiger partial charge on any atom is 0.259 e. The topological polar surface area (TPSA) is 46.5 Å². The Balaban J connectivity index is 1.44. The highest BCUT2D eigenvalue weighted by Gasteiger charge is 2.43. The number of rotatable bonds is 2. The fraction of sp³-hybridized carbons (Fsp3) is 0.261. The number of anilines is 1. The first-order chi connectivity index (χ1) is 14.5. The number of hydrogen-bond acceptors (Lipinski definition) is 3. The zero-order valence-corrected chi connectivity index (χ0v) is 16.5. The number of aromatic nitrogens is 1. The molecule has 1 spiro atoms. The summed E-state index contributed by atoms with van der Waals surface area (Å²) in [6, 6.07) is 13.5. The Bertz CT molecular complexity index is 1110. The summed E-state index contributed by atoms with van der Waals surface area (Å²) in [5.74, 6) is -1.50. The average Bonchev–Trinajstić information content (AvgIpc) is 3.25. The minimum atomic E-state index is -0.828. The lowest BCUT2D eigenvalue weighted by molar-refractivity contribution is 0.0666. The first-order valence-corrected chi connectivity index (χ1v) is 9.90. The number of methoxy groups -OCH3 is 1. The van der Waals surface area contributed by atoms with Crippen molar-refractivity contribution in [3.8, 4) is 11.4 Å². The summed E-state index contributed by atoms with van der Waals surface area (Å²) in [5, 5.41) is 3.66. The van der Waals surface area contributed by atoms with Crippen LogP contribution in [0.15, 0.2) is 54.7 Å². The van der Waals surface area contributed by atoms with E-state index in [2.05, 4.69) is 16.0 Å². The van der Waals surface area contributed by atoms with E-state index in [1.54, 1.807) is 7.11 Å². The van der Waals surface area contributed by atoms with Gasteiger partial charge in [-0.1, -0.05) is 6.07 Å². The first kappa shape index (κ1) is 18.7. The summed E-state index contributed by atoms with van der Waals surface area (Å²) >= 11 is 0. The monoisotopic (exact) mass is 409 g/mol. The van der Waals surface area contributed by atoms with Gasteiger partial charge in [-0.2, -0.15) is 0 Å². The quantitative estimate of drug-likeness (QED) is 0.686. The van der Waals surface area contributed by atoms with Gasteiger partial charge in [0.15, 0.2) is 0 Å². The molecule has 1 aromatic heterocycles. The molecule has 0 radical (unpaired) electrons. The van der Waals surface area contributed by atoms with Crippen molar-refractivity contribution in [1.82, 2.24) is 9.47 Å². The van der Waals surface area contributed by atoms with Gasteiger partial charge in [0.05, 0.1) is 24.0 Å². The number of likely N-dealkylation sites (tertiary alicyclic amines) is 1. The van der Waals surface area contributed by atoms with Gasteiger partial charge in [-0.05, 0) is 49.2 Å². The number of ether oxygens (including phenoxy) is 1. The largest absolute Gasteiger partial charge is 0.497 e. The Morgan fingerprint density at radius 2 is 1.80 bits per heavy atom. The van der Waals surface area contributed by atoms with E-state index < -0.39 is 23.1 Å². The fourth-order valence-corrected chi connectivity index (χ4v) is 4.59. The van der Waals surface area contributed by atoms with E-state index in [-0.39, 0.29) is 5.54 Å². The summed E-state index contributed by atoms with van der Waals surface area (Å²) in [4.78, 5) is 14.3. The Hall–Kier alpha value is -3.35. The van der Waals surface area contributed by atoms with Crippen molar-refractivity contribution in [2.75, 3.05) is 25.5 Å². The molecule has 5 nitrogen and oxygen atoms in total. The van der Waals surface area contributed by atoms with Crippen LogP contribution in [0.4, 0.5) is 14.5 Å².